The van der Waals surface area contributed by atoms with Crippen molar-refractivity contribution in [2.75, 3.05) is 13.7 Å². The molecule has 0 saturated carbocycles. The molecule has 0 aromatic heterocycles. The lowest BCUT2D eigenvalue weighted by Gasteiger charge is -2.05. The highest BCUT2D eigenvalue weighted by atomic mass is 32.3. The van der Waals surface area contributed by atoms with E-state index in [-0.39, 0.29) is 13.0 Å². The highest BCUT2D eigenvalue weighted by molar-refractivity contribution is 7.87. The van der Waals surface area contributed by atoms with E-state index >= 15 is 0 Å². The number of esters is 1. The summed E-state index contributed by atoms with van der Waals surface area (Å²) in [7, 11) is -3.35. The molecule has 0 aromatic rings. The average molecular weight is 211 g/mol. The Labute approximate surface area is 75.5 Å². The van der Waals surface area contributed by atoms with Crippen LogP contribution in [-0.2, 0) is 19.8 Å². The van der Waals surface area contributed by atoms with Crippen LogP contribution in [0, 0.1) is 0 Å². The van der Waals surface area contributed by atoms with Crippen LogP contribution in [0.3, 0.4) is 0 Å². The summed E-state index contributed by atoms with van der Waals surface area (Å²) in [5.41, 5.74) is 0. The highest BCUT2D eigenvalue weighted by Crippen LogP contribution is 2.16. The van der Waals surface area contributed by atoms with Crippen molar-refractivity contribution in [2.24, 2.45) is 0 Å². The molecule has 1 heterocycles. The summed E-state index contributed by atoms with van der Waals surface area (Å²) >= 11 is 0. The maximum absolute atomic E-state index is 12.4. The number of ether oxygens (including phenoxy) is 1. The third-order valence-corrected chi connectivity index (χ3v) is 3.13. The predicted octanol–water partition coefficient (Wildman–Crippen LogP) is -0.811. The van der Waals surface area contributed by atoms with Crippen LogP contribution in [0.4, 0.5) is 3.89 Å². The predicted molar refractivity (Wildman–Crippen MR) is 42.2 cm³/mol. The maximum Gasteiger partial charge on any atom is 0.322 e. The van der Waals surface area contributed by atoms with Crippen LogP contribution in [0.5, 0.6) is 0 Å². The van der Waals surface area contributed by atoms with E-state index in [1.807, 2.05) is 0 Å². The summed E-state index contributed by atoms with van der Waals surface area (Å²) < 4.78 is 37.7. The quantitative estimate of drug-likeness (QED) is 0.477. The van der Waals surface area contributed by atoms with Gasteiger partial charge in [0.2, 0.25) is 0 Å². The fourth-order valence-electron chi connectivity index (χ4n) is 1.24. The lowest BCUT2D eigenvalue weighted by atomic mass is 10.2. The average Bonchev–Trinajstić information content (AvgIpc) is 2.50. The molecule has 1 fully saturated rings. The summed E-state index contributed by atoms with van der Waals surface area (Å²) in [5, 5.41) is 1.44. The minimum Gasteiger partial charge on any atom is -0.468 e. The van der Waals surface area contributed by atoms with Crippen molar-refractivity contribution < 1.29 is 21.8 Å². The van der Waals surface area contributed by atoms with E-state index in [2.05, 4.69) is 10.1 Å². The summed E-state index contributed by atoms with van der Waals surface area (Å²) in [6.45, 7) is -0.0431. The van der Waals surface area contributed by atoms with Crippen molar-refractivity contribution in [1.82, 2.24) is 5.32 Å². The van der Waals surface area contributed by atoms with Crippen LogP contribution >= 0.6 is 0 Å². The first-order chi connectivity index (χ1) is 5.95. The lowest BCUT2D eigenvalue weighted by molar-refractivity contribution is -0.142. The van der Waals surface area contributed by atoms with Gasteiger partial charge in [0.25, 0.3) is 0 Å². The molecule has 0 unspecified atom stereocenters. The maximum atomic E-state index is 12.4. The number of carbonyl (C=O) groups excluding carboxylic acids is 1. The monoisotopic (exact) mass is 211 g/mol. The molecule has 1 aliphatic rings. The molecule has 1 N–H and O–H groups in total. The Morgan fingerprint density at radius 3 is 2.62 bits per heavy atom. The molecule has 0 spiro atoms. The summed E-state index contributed by atoms with van der Waals surface area (Å²) in [4.78, 5) is 10.9. The minimum absolute atomic E-state index is 0.0431. The largest absolute Gasteiger partial charge is 0.468 e. The smallest absolute Gasteiger partial charge is 0.322 e. The van der Waals surface area contributed by atoms with Gasteiger partial charge in [-0.1, -0.05) is 0 Å². The third kappa shape index (κ3) is 2.38. The zero-order valence-corrected chi connectivity index (χ0v) is 7.80. The third-order valence-electron chi connectivity index (χ3n) is 1.97. The molecule has 0 radical (unpaired) electrons. The van der Waals surface area contributed by atoms with E-state index in [9.17, 15) is 17.1 Å². The van der Waals surface area contributed by atoms with Gasteiger partial charge in [-0.3, -0.25) is 4.79 Å². The zero-order valence-electron chi connectivity index (χ0n) is 6.99. The van der Waals surface area contributed by atoms with Crippen LogP contribution in [0.2, 0.25) is 0 Å². The van der Waals surface area contributed by atoms with Gasteiger partial charge >= 0.3 is 16.2 Å². The first kappa shape index (κ1) is 10.4. The molecule has 0 aliphatic carbocycles. The molecule has 0 aromatic carbocycles. The normalized spacial score (nSPS) is 28.8. The number of hydrogen-bond donors (Lipinski definition) is 1. The van der Waals surface area contributed by atoms with Gasteiger partial charge in [0.1, 0.15) is 11.3 Å². The van der Waals surface area contributed by atoms with Crippen molar-refractivity contribution >= 4 is 16.2 Å². The molecule has 1 saturated heterocycles. The van der Waals surface area contributed by atoms with E-state index in [0.717, 1.165) is 0 Å². The van der Waals surface area contributed by atoms with Gasteiger partial charge in [0.05, 0.1) is 7.11 Å². The van der Waals surface area contributed by atoms with Gasteiger partial charge in [-0.05, 0) is 6.42 Å². The second kappa shape index (κ2) is 3.59. The standard InChI is InChI=1S/C6H10FNO4S/c1-12-6(9)5-2-4(3-8-5)13(7,10)11/h4-5,8H,2-3H2,1H3/t4-,5-/m0/s1. The molecular formula is C6H10FNO4S. The van der Waals surface area contributed by atoms with E-state index in [0.29, 0.717) is 0 Å². The van der Waals surface area contributed by atoms with Crippen LogP contribution in [-0.4, -0.2) is 39.3 Å². The summed E-state index contributed by atoms with van der Waals surface area (Å²) in [6, 6.07) is -0.708. The van der Waals surface area contributed by atoms with Crippen molar-refractivity contribution in [2.45, 2.75) is 17.7 Å². The van der Waals surface area contributed by atoms with Crippen molar-refractivity contribution in [3.8, 4) is 0 Å². The number of carbonyl (C=O) groups is 1. The minimum atomic E-state index is -4.55. The van der Waals surface area contributed by atoms with Gasteiger partial charge in [-0.25, -0.2) is 0 Å². The second-order valence-electron chi connectivity index (χ2n) is 2.82. The molecular weight excluding hydrogens is 201 g/mol. The van der Waals surface area contributed by atoms with Gasteiger partial charge < -0.3 is 10.1 Å². The molecule has 5 nitrogen and oxygen atoms in total. The Hall–Kier alpha value is -0.690. The molecule has 2 atom stereocenters. The SMILES string of the molecule is COC(=O)[C@@H]1C[C@H](S(=O)(=O)F)CN1. The lowest BCUT2D eigenvalue weighted by Crippen LogP contribution is -2.31. The van der Waals surface area contributed by atoms with E-state index in [1.54, 1.807) is 0 Å². The molecule has 13 heavy (non-hydrogen) atoms. The number of methoxy groups -OCH3 is 1. The number of rotatable bonds is 2. The Balaban J connectivity index is 2.60. The van der Waals surface area contributed by atoms with E-state index in [4.69, 9.17) is 0 Å². The van der Waals surface area contributed by atoms with Gasteiger partial charge in [0, 0.05) is 6.54 Å². The molecule has 76 valence electrons. The van der Waals surface area contributed by atoms with Gasteiger partial charge in [-0.2, -0.15) is 8.42 Å². The molecule has 0 amide bonds. The summed E-state index contributed by atoms with van der Waals surface area (Å²) in [6.07, 6.45) is -0.0640. The fraction of sp³-hybridized carbons (Fsp3) is 0.833. The first-order valence-electron chi connectivity index (χ1n) is 3.70. The molecule has 7 heteroatoms. The van der Waals surface area contributed by atoms with Crippen LogP contribution in [0.15, 0.2) is 0 Å². The molecule has 1 rings (SSSR count). The Bertz CT molecular complexity index is 302. The summed E-state index contributed by atoms with van der Waals surface area (Å²) in [5.74, 6) is -0.564. The van der Waals surface area contributed by atoms with Crippen molar-refractivity contribution in [3.63, 3.8) is 0 Å². The number of halogens is 1. The molecule has 1 aliphatic heterocycles. The Kier molecular flexibility index (Phi) is 2.87. The first-order valence-corrected chi connectivity index (χ1v) is 5.14. The van der Waals surface area contributed by atoms with E-state index in [1.165, 1.54) is 7.11 Å². The van der Waals surface area contributed by atoms with Crippen LogP contribution in [0.1, 0.15) is 6.42 Å². The Morgan fingerprint density at radius 1 is 1.62 bits per heavy atom. The number of hydrogen-bond acceptors (Lipinski definition) is 5. The van der Waals surface area contributed by atoms with Crippen molar-refractivity contribution in [1.29, 1.82) is 0 Å². The topological polar surface area (TPSA) is 72.5 Å². The van der Waals surface area contributed by atoms with E-state index < -0.39 is 27.5 Å². The Morgan fingerprint density at radius 2 is 2.23 bits per heavy atom. The van der Waals surface area contributed by atoms with Crippen LogP contribution in [0.25, 0.3) is 0 Å². The highest BCUT2D eigenvalue weighted by Gasteiger charge is 2.37. The van der Waals surface area contributed by atoms with Gasteiger partial charge in [-0.15, -0.1) is 3.89 Å². The molecule has 0 bridgehead atoms. The fourth-order valence-corrected chi connectivity index (χ4v) is 1.96. The van der Waals surface area contributed by atoms with Crippen molar-refractivity contribution in [3.05, 3.63) is 0 Å². The zero-order chi connectivity index (χ0) is 10.1. The second-order valence-corrected chi connectivity index (χ2v) is 4.44. The van der Waals surface area contributed by atoms with Gasteiger partial charge in [0.15, 0.2) is 0 Å². The van der Waals surface area contributed by atoms with Crippen LogP contribution < -0.4 is 5.32 Å². The number of nitrogens with one attached hydrogen (secondary N) is 1.